The number of sulfonamides is 2. The van der Waals surface area contributed by atoms with Crippen LogP contribution in [0.25, 0.3) is 0 Å². The molecule has 16 heteroatoms. The number of halogens is 4. The predicted molar refractivity (Wildman–Crippen MR) is 140 cm³/mol. The molecule has 0 aromatic heterocycles. The van der Waals surface area contributed by atoms with Gasteiger partial charge in [0.1, 0.15) is 16.4 Å². The molecule has 0 saturated carbocycles. The minimum atomic E-state index is -3.75. The number of carbonyl (C=O) groups is 1. The second kappa shape index (κ2) is 17.0. The number of rotatable bonds is 10. The summed E-state index contributed by atoms with van der Waals surface area (Å²) in [5.41, 5.74) is 0. The van der Waals surface area contributed by atoms with E-state index in [2.05, 4.69) is 4.74 Å². The first-order valence-electron chi connectivity index (χ1n) is 10.1. The van der Waals surface area contributed by atoms with E-state index in [9.17, 15) is 21.6 Å². The fourth-order valence-corrected chi connectivity index (χ4v) is 6.37. The molecule has 0 heterocycles. The zero-order chi connectivity index (χ0) is 28.8. The van der Waals surface area contributed by atoms with Crippen molar-refractivity contribution in [2.24, 2.45) is 0 Å². The second-order valence-corrected chi connectivity index (χ2v) is 12.4. The van der Waals surface area contributed by atoms with Crippen molar-refractivity contribution in [3.05, 3.63) is 56.5 Å². The standard InChI is InChI=1S/C10H11Cl2NO4S.C10H13Cl2NO2S.CO2/c1-13(5-6-17-7-14)18(15,16)9-4-2-3-8(11)10(9)12;1-3-7-13(2)16(14,15)9-6-4-5-8(11)10(9)12;2-1-3/h2-4,7H,5-6H2,1H3;4-6H,3,7H2,1-2H3;. The lowest BCUT2D eigenvalue weighted by Crippen LogP contribution is -2.30. The highest BCUT2D eigenvalue weighted by Gasteiger charge is 2.25. The van der Waals surface area contributed by atoms with E-state index < -0.39 is 20.0 Å². The van der Waals surface area contributed by atoms with Crippen molar-refractivity contribution in [3.63, 3.8) is 0 Å². The zero-order valence-electron chi connectivity index (χ0n) is 19.9. The minimum Gasteiger partial charge on any atom is -0.466 e. The topological polar surface area (TPSA) is 135 Å². The molecule has 2 aromatic rings. The first-order valence-corrected chi connectivity index (χ1v) is 14.5. The summed E-state index contributed by atoms with van der Waals surface area (Å²) in [5.74, 6) is 0. The van der Waals surface area contributed by atoms with Crippen LogP contribution < -0.4 is 0 Å². The average Bonchev–Trinajstić information content (AvgIpc) is 2.83. The van der Waals surface area contributed by atoms with Crippen LogP contribution in [0, 0.1) is 0 Å². The largest absolute Gasteiger partial charge is 0.466 e. The van der Waals surface area contributed by atoms with Crippen LogP contribution in [0.15, 0.2) is 46.2 Å². The van der Waals surface area contributed by atoms with Crippen LogP contribution in [0.1, 0.15) is 13.3 Å². The normalized spacial score (nSPS) is 11.1. The number of ether oxygens (including phenoxy) is 1. The van der Waals surface area contributed by atoms with Crippen LogP contribution in [-0.2, 0) is 39.2 Å². The lowest BCUT2D eigenvalue weighted by Gasteiger charge is -2.17. The molecular formula is C21H24Cl4N2O8S2. The lowest BCUT2D eigenvalue weighted by molar-refractivity contribution is -0.191. The Morgan fingerprint density at radius 1 is 0.811 bits per heavy atom. The Bertz CT molecular complexity index is 1290. The minimum absolute atomic E-state index is 0.0256. The summed E-state index contributed by atoms with van der Waals surface area (Å²) in [7, 11) is -4.40. The van der Waals surface area contributed by atoms with Crippen LogP contribution >= 0.6 is 46.4 Å². The highest BCUT2D eigenvalue weighted by atomic mass is 35.5. The molecule has 2 aromatic carbocycles. The summed E-state index contributed by atoms with van der Waals surface area (Å²) in [4.78, 5) is 26.2. The van der Waals surface area contributed by atoms with Crippen molar-refractivity contribution in [3.8, 4) is 0 Å². The molecule has 0 spiro atoms. The van der Waals surface area contributed by atoms with Crippen LogP contribution in [0.2, 0.25) is 20.1 Å². The molecule has 0 atom stereocenters. The lowest BCUT2D eigenvalue weighted by atomic mass is 10.4. The van der Waals surface area contributed by atoms with E-state index in [0.29, 0.717) is 6.54 Å². The predicted octanol–water partition coefficient (Wildman–Crippen LogP) is 4.23. The maximum Gasteiger partial charge on any atom is 0.373 e. The summed E-state index contributed by atoms with van der Waals surface area (Å²) in [6, 6.07) is 8.94. The maximum absolute atomic E-state index is 12.1. The van der Waals surface area contributed by atoms with Gasteiger partial charge in [-0.2, -0.15) is 13.9 Å². The molecule has 206 valence electrons. The molecule has 2 rings (SSSR count). The van der Waals surface area contributed by atoms with Crippen LogP contribution in [-0.4, -0.2) is 71.9 Å². The number of hydrogen-bond donors (Lipinski definition) is 0. The Labute approximate surface area is 236 Å². The molecule has 0 N–H and O–H groups in total. The van der Waals surface area contributed by atoms with E-state index >= 15 is 0 Å². The van der Waals surface area contributed by atoms with Crippen LogP contribution in [0.4, 0.5) is 0 Å². The van der Waals surface area contributed by atoms with E-state index in [1.807, 2.05) is 6.92 Å². The van der Waals surface area contributed by atoms with Crippen molar-refractivity contribution in [2.45, 2.75) is 23.1 Å². The second-order valence-electron chi connectivity index (χ2n) is 6.81. The quantitative estimate of drug-likeness (QED) is 0.279. The molecule has 10 nitrogen and oxygen atoms in total. The fourth-order valence-electron chi connectivity index (χ4n) is 2.49. The number of likely N-dealkylation sites (N-methyl/N-ethyl adjacent to an activating group) is 1. The van der Waals surface area contributed by atoms with E-state index in [0.717, 1.165) is 10.7 Å². The molecule has 0 radical (unpaired) electrons. The molecule has 0 amide bonds. The van der Waals surface area contributed by atoms with Gasteiger partial charge in [-0.25, -0.2) is 21.1 Å². The first-order chi connectivity index (χ1) is 17.2. The van der Waals surface area contributed by atoms with E-state index in [-0.39, 0.29) is 55.7 Å². The van der Waals surface area contributed by atoms with Gasteiger partial charge in [0.15, 0.2) is 0 Å². The first kappa shape index (κ1) is 35.3. The number of carbonyl (C=O) groups excluding carboxylic acids is 3. The third-order valence-corrected chi connectivity index (χ3v) is 10.00. The third-order valence-electron chi connectivity index (χ3n) is 4.34. The van der Waals surface area contributed by atoms with Gasteiger partial charge < -0.3 is 4.74 Å². The summed E-state index contributed by atoms with van der Waals surface area (Å²) in [6.07, 6.45) is 0.994. The Morgan fingerprint density at radius 3 is 1.54 bits per heavy atom. The molecule has 37 heavy (non-hydrogen) atoms. The van der Waals surface area contributed by atoms with Crippen molar-refractivity contribution < 1.29 is 36.0 Å². The molecule has 0 aliphatic carbocycles. The van der Waals surface area contributed by atoms with Crippen molar-refractivity contribution in [2.75, 3.05) is 33.8 Å². The molecular weight excluding hydrogens is 614 g/mol. The van der Waals surface area contributed by atoms with Crippen LogP contribution in [0.3, 0.4) is 0 Å². The van der Waals surface area contributed by atoms with Gasteiger partial charge in [0, 0.05) is 27.2 Å². The zero-order valence-corrected chi connectivity index (χ0v) is 24.5. The third kappa shape index (κ3) is 10.5. The fraction of sp³-hybridized carbons (Fsp3) is 0.333. The smallest absolute Gasteiger partial charge is 0.373 e. The molecule has 0 aliphatic heterocycles. The van der Waals surface area contributed by atoms with Gasteiger partial charge in [-0.05, 0) is 30.7 Å². The summed E-state index contributed by atoms with van der Waals surface area (Å²) < 4.78 is 55.2. The summed E-state index contributed by atoms with van der Waals surface area (Å²) in [5, 5.41) is 0.456. The van der Waals surface area contributed by atoms with Gasteiger partial charge in [0.05, 0.1) is 20.1 Å². The Hall–Kier alpha value is -1.73. The number of benzene rings is 2. The van der Waals surface area contributed by atoms with Gasteiger partial charge >= 0.3 is 6.15 Å². The highest BCUT2D eigenvalue weighted by molar-refractivity contribution is 7.89. The van der Waals surface area contributed by atoms with Gasteiger partial charge in [0.25, 0.3) is 6.47 Å². The Morgan fingerprint density at radius 2 is 1.19 bits per heavy atom. The maximum atomic E-state index is 12.1. The number of hydrogen-bond acceptors (Lipinski definition) is 8. The SMILES string of the molecule is CCCN(C)S(=O)(=O)c1cccc(Cl)c1Cl.CN(CCOC=O)S(=O)(=O)c1cccc(Cl)c1Cl.O=C=O. The van der Waals surface area contributed by atoms with Gasteiger partial charge in [-0.1, -0.05) is 65.5 Å². The Balaban J connectivity index is 0.000000637. The van der Waals surface area contributed by atoms with Gasteiger partial charge in [-0.15, -0.1) is 0 Å². The molecule has 0 saturated heterocycles. The Kier molecular flexibility index (Phi) is 16.2. The van der Waals surface area contributed by atoms with E-state index in [1.54, 1.807) is 12.1 Å². The van der Waals surface area contributed by atoms with Gasteiger partial charge in [0.2, 0.25) is 20.0 Å². The van der Waals surface area contributed by atoms with Crippen LogP contribution in [0.5, 0.6) is 0 Å². The van der Waals surface area contributed by atoms with E-state index in [4.69, 9.17) is 56.0 Å². The molecule has 0 bridgehead atoms. The molecule has 0 fully saturated rings. The average molecular weight is 638 g/mol. The highest BCUT2D eigenvalue weighted by Crippen LogP contribution is 2.31. The van der Waals surface area contributed by atoms with E-state index in [1.165, 1.54) is 42.7 Å². The van der Waals surface area contributed by atoms with Gasteiger partial charge in [-0.3, -0.25) is 4.79 Å². The summed E-state index contributed by atoms with van der Waals surface area (Å²) in [6.45, 7) is 2.62. The van der Waals surface area contributed by atoms with Crippen molar-refractivity contribution in [1.82, 2.24) is 8.61 Å². The molecule has 0 aliphatic rings. The number of nitrogens with zero attached hydrogens (tertiary/aromatic N) is 2. The summed E-state index contributed by atoms with van der Waals surface area (Å²) >= 11 is 23.3. The monoisotopic (exact) mass is 636 g/mol. The van der Waals surface area contributed by atoms with Crippen molar-refractivity contribution in [1.29, 1.82) is 0 Å². The molecule has 0 unspecified atom stereocenters. The van der Waals surface area contributed by atoms with Crippen molar-refractivity contribution >= 4 is 79.1 Å².